The van der Waals surface area contributed by atoms with Crippen LogP contribution in [0.1, 0.15) is 16.7 Å². The topological polar surface area (TPSA) is 48.7 Å². The van der Waals surface area contributed by atoms with Crippen LogP contribution in [0.3, 0.4) is 0 Å². The van der Waals surface area contributed by atoms with Crippen LogP contribution in [0.4, 0.5) is 24.7 Å². The highest BCUT2D eigenvalue weighted by Gasteiger charge is 2.29. The van der Waals surface area contributed by atoms with Crippen LogP contribution in [0.15, 0.2) is 36.5 Å². The smallest absolute Gasteiger partial charge is 0.339 e. The minimum atomic E-state index is -4.36. The Morgan fingerprint density at radius 2 is 1.80 bits per heavy atom. The molecule has 1 aromatic carbocycles. The summed E-state index contributed by atoms with van der Waals surface area (Å²) in [4.78, 5) is 4.02. The predicted octanol–water partition coefficient (Wildman–Crippen LogP) is 4.02. The lowest BCUT2D eigenvalue weighted by molar-refractivity contribution is -0.137. The molecule has 0 bridgehead atoms. The van der Waals surface area contributed by atoms with Crippen molar-refractivity contribution in [3.8, 4) is 6.07 Å². The first kappa shape index (κ1) is 13.9. The highest BCUT2D eigenvalue weighted by atomic mass is 19.4. The molecular weight excluding hydrogens is 267 g/mol. The first-order chi connectivity index (χ1) is 9.41. The molecule has 0 saturated heterocycles. The first-order valence-electron chi connectivity index (χ1n) is 5.72. The summed E-state index contributed by atoms with van der Waals surface area (Å²) in [5, 5.41) is 11.9. The second kappa shape index (κ2) is 5.21. The summed E-state index contributed by atoms with van der Waals surface area (Å²) in [7, 11) is 0. The van der Waals surface area contributed by atoms with Gasteiger partial charge in [0, 0.05) is 11.9 Å². The van der Waals surface area contributed by atoms with Crippen LogP contribution in [0, 0.1) is 18.3 Å². The maximum Gasteiger partial charge on any atom is 0.416 e. The molecule has 0 aliphatic heterocycles. The number of aromatic nitrogens is 1. The fourth-order valence-electron chi connectivity index (χ4n) is 1.67. The van der Waals surface area contributed by atoms with Crippen LogP contribution in [0.5, 0.6) is 0 Å². The SMILES string of the molecule is Cc1ccnc(Nc2ccc(C(F)(F)F)cc2)c1C#N. The summed E-state index contributed by atoms with van der Waals surface area (Å²) >= 11 is 0. The lowest BCUT2D eigenvalue weighted by Crippen LogP contribution is -2.05. The van der Waals surface area contributed by atoms with E-state index in [2.05, 4.69) is 10.3 Å². The molecule has 3 nitrogen and oxygen atoms in total. The van der Waals surface area contributed by atoms with Crippen molar-refractivity contribution in [2.75, 3.05) is 5.32 Å². The molecule has 0 aliphatic carbocycles. The number of nitrogens with one attached hydrogen (secondary N) is 1. The molecule has 0 fully saturated rings. The number of rotatable bonds is 2. The van der Waals surface area contributed by atoms with Gasteiger partial charge in [0.2, 0.25) is 0 Å². The van der Waals surface area contributed by atoms with Crippen LogP contribution in [0.2, 0.25) is 0 Å². The van der Waals surface area contributed by atoms with Gasteiger partial charge in [-0.1, -0.05) is 0 Å². The average molecular weight is 277 g/mol. The zero-order valence-electron chi connectivity index (χ0n) is 10.5. The van der Waals surface area contributed by atoms with E-state index < -0.39 is 11.7 Å². The minimum Gasteiger partial charge on any atom is -0.339 e. The Kier molecular flexibility index (Phi) is 3.61. The molecule has 6 heteroatoms. The molecule has 20 heavy (non-hydrogen) atoms. The summed E-state index contributed by atoms with van der Waals surface area (Å²) in [6.07, 6.45) is -2.83. The molecule has 2 aromatic rings. The molecule has 0 atom stereocenters. The van der Waals surface area contributed by atoms with Gasteiger partial charge in [0.25, 0.3) is 0 Å². The van der Waals surface area contributed by atoms with Gasteiger partial charge in [-0.25, -0.2) is 4.98 Å². The molecule has 0 spiro atoms. The Hall–Kier alpha value is -2.55. The van der Waals surface area contributed by atoms with Gasteiger partial charge in [-0.2, -0.15) is 18.4 Å². The number of hydrogen-bond donors (Lipinski definition) is 1. The maximum absolute atomic E-state index is 12.4. The van der Waals surface area contributed by atoms with E-state index in [1.54, 1.807) is 13.0 Å². The van der Waals surface area contributed by atoms with Gasteiger partial charge < -0.3 is 5.32 Å². The lowest BCUT2D eigenvalue weighted by atomic mass is 10.1. The quantitative estimate of drug-likeness (QED) is 0.901. The highest BCUT2D eigenvalue weighted by Crippen LogP contribution is 2.30. The largest absolute Gasteiger partial charge is 0.416 e. The molecule has 0 aliphatic rings. The number of nitrogens with zero attached hydrogens (tertiary/aromatic N) is 2. The third-order valence-electron chi connectivity index (χ3n) is 2.75. The van der Waals surface area contributed by atoms with Gasteiger partial charge in [-0.3, -0.25) is 0 Å². The van der Waals surface area contributed by atoms with E-state index >= 15 is 0 Å². The molecule has 0 saturated carbocycles. The monoisotopic (exact) mass is 277 g/mol. The summed E-state index contributed by atoms with van der Waals surface area (Å²) in [5.41, 5.74) is 0.831. The van der Waals surface area contributed by atoms with Crippen molar-refractivity contribution in [2.24, 2.45) is 0 Å². The van der Waals surface area contributed by atoms with Crippen LogP contribution in [-0.4, -0.2) is 4.98 Å². The van der Waals surface area contributed by atoms with Crippen LogP contribution < -0.4 is 5.32 Å². The van der Waals surface area contributed by atoms with Gasteiger partial charge in [0.15, 0.2) is 0 Å². The summed E-state index contributed by atoms with van der Waals surface area (Å²) in [6, 6.07) is 8.26. The molecule has 2 rings (SSSR count). The van der Waals surface area contributed by atoms with Crippen LogP contribution >= 0.6 is 0 Å². The number of nitriles is 1. The molecule has 1 aromatic heterocycles. The van der Waals surface area contributed by atoms with E-state index in [4.69, 9.17) is 5.26 Å². The van der Waals surface area contributed by atoms with E-state index in [-0.39, 0.29) is 0 Å². The molecule has 1 heterocycles. The minimum absolute atomic E-state index is 0.326. The van der Waals surface area contributed by atoms with Crippen molar-refractivity contribution in [2.45, 2.75) is 13.1 Å². The highest BCUT2D eigenvalue weighted by molar-refractivity contribution is 5.64. The van der Waals surface area contributed by atoms with Gasteiger partial charge in [-0.15, -0.1) is 0 Å². The first-order valence-corrected chi connectivity index (χ1v) is 5.72. The Bertz CT molecular complexity index is 655. The van der Waals surface area contributed by atoms with Gasteiger partial charge >= 0.3 is 6.18 Å². The van der Waals surface area contributed by atoms with E-state index in [1.165, 1.54) is 18.3 Å². The fourth-order valence-corrected chi connectivity index (χ4v) is 1.67. The van der Waals surface area contributed by atoms with Gasteiger partial charge in [-0.05, 0) is 42.8 Å². The fraction of sp³-hybridized carbons (Fsp3) is 0.143. The van der Waals surface area contributed by atoms with Crippen molar-refractivity contribution in [3.63, 3.8) is 0 Å². The van der Waals surface area contributed by atoms with Crippen molar-refractivity contribution in [3.05, 3.63) is 53.2 Å². The zero-order valence-corrected chi connectivity index (χ0v) is 10.5. The summed E-state index contributed by atoms with van der Waals surface area (Å²) in [5.74, 6) is 0.326. The molecule has 0 radical (unpaired) electrons. The molecule has 1 N–H and O–H groups in total. The second-order valence-corrected chi connectivity index (χ2v) is 4.16. The number of hydrogen-bond acceptors (Lipinski definition) is 3. The van der Waals surface area contributed by atoms with Crippen molar-refractivity contribution < 1.29 is 13.2 Å². The number of pyridine rings is 1. The molecule has 102 valence electrons. The third-order valence-corrected chi connectivity index (χ3v) is 2.75. The van der Waals surface area contributed by atoms with Crippen molar-refractivity contribution in [1.29, 1.82) is 5.26 Å². The number of benzene rings is 1. The molecular formula is C14H10F3N3. The second-order valence-electron chi connectivity index (χ2n) is 4.16. The average Bonchev–Trinajstić information content (AvgIpc) is 2.38. The Morgan fingerprint density at radius 3 is 2.35 bits per heavy atom. The van der Waals surface area contributed by atoms with E-state index in [1.807, 2.05) is 6.07 Å². The van der Waals surface area contributed by atoms with E-state index in [0.29, 0.717) is 17.1 Å². The Morgan fingerprint density at radius 1 is 1.15 bits per heavy atom. The molecule has 0 unspecified atom stereocenters. The number of halogens is 3. The van der Waals surface area contributed by atoms with Gasteiger partial charge in [0.05, 0.1) is 11.1 Å². The Balaban J connectivity index is 2.28. The number of alkyl halides is 3. The van der Waals surface area contributed by atoms with E-state index in [0.717, 1.165) is 17.7 Å². The maximum atomic E-state index is 12.4. The summed E-state index contributed by atoms with van der Waals surface area (Å²) in [6.45, 7) is 1.76. The lowest BCUT2D eigenvalue weighted by Gasteiger charge is -2.10. The van der Waals surface area contributed by atoms with E-state index in [9.17, 15) is 13.2 Å². The normalized spacial score (nSPS) is 10.9. The van der Waals surface area contributed by atoms with Crippen LogP contribution in [-0.2, 0) is 6.18 Å². The number of anilines is 2. The van der Waals surface area contributed by atoms with Crippen molar-refractivity contribution >= 4 is 11.5 Å². The third kappa shape index (κ3) is 2.88. The van der Waals surface area contributed by atoms with Crippen molar-refractivity contribution in [1.82, 2.24) is 4.98 Å². The standard InChI is InChI=1S/C14H10F3N3/c1-9-6-7-19-13(12(9)8-18)20-11-4-2-10(3-5-11)14(15,16)17/h2-7H,1H3,(H,19,20). The Labute approximate surface area is 113 Å². The summed E-state index contributed by atoms with van der Waals surface area (Å²) < 4.78 is 37.3. The molecule has 0 amide bonds. The number of aryl methyl sites for hydroxylation is 1. The van der Waals surface area contributed by atoms with Crippen LogP contribution in [0.25, 0.3) is 0 Å². The zero-order chi connectivity index (χ0) is 14.8. The van der Waals surface area contributed by atoms with Gasteiger partial charge in [0.1, 0.15) is 11.9 Å². The predicted molar refractivity (Wildman–Crippen MR) is 68.4 cm³/mol.